The van der Waals surface area contributed by atoms with Gasteiger partial charge in [0.25, 0.3) is 0 Å². The SMILES string of the molecule is Cc1ccc(C(=O)C(C)N(C)Cc2nccn2C)cc1C. The molecule has 0 amide bonds. The Hall–Kier alpha value is -1.94. The lowest BCUT2D eigenvalue weighted by molar-refractivity contribution is 0.0858. The minimum absolute atomic E-state index is 0.148. The summed E-state index contributed by atoms with van der Waals surface area (Å²) < 4.78 is 1.98. The van der Waals surface area contributed by atoms with Crippen LogP contribution in [0, 0.1) is 13.8 Å². The first-order valence-corrected chi connectivity index (χ1v) is 7.18. The first kappa shape index (κ1) is 15.4. The number of Topliss-reactive ketones (excluding diaryl/α,β-unsaturated/α-hetero) is 1. The summed E-state index contributed by atoms with van der Waals surface area (Å²) in [6.07, 6.45) is 3.69. The van der Waals surface area contributed by atoms with Crippen LogP contribution in [0.2, 0.25) is 0 Å². The van der Waals surface area contributed by atoms with E-state index >= 15 is 0 Å². The van der Waals surface area contributed by atoms with Crippen molar-refractivity contribution in [3.63, 3.8) is 0 Å². The van der Waals surface area contributed by atoms with Gasteiger partial charge in [-0.3, -0.25) is 9.69 Å². The predicted octanol–water partition coefficient (Wildman–Crippen LogP) is 2.74. The lowest BCUT2D eigenvalue weighted by Crippen LogP contribution is -2.36. The summed E-state index contributed by atoms with van der Waals surface area (Å²) in [6, 6.07) is 5.72. The average Bonchev–Trinajstić information content (AvgIpc) is 2.85. The van der Waals surface area contributed by atoms with E-state index in [2.05, 4.69) is 11.9 Å². The highest BCUT2D eigenvalue weighted by Crippen LogP contribution is 2.14. The topological polar surface area (TPSA) is 38.1 Å². The molecule has 1 atom stereocenters. The molecule has 21 heavy (non-hydrogen) atoms. The highest BCUT2D eigenvalue weighted by molar-refractivity contribution is 6.00. The van der Waals surface area contributed by atoms with Crippen molar-refractivity contribution < 1.29 is 4.79 Å². The quantitative estimate of drug-likeness (QED) is 0.793. The van der Waals surface area contributed by atoms with E-state index in [1.807, 2.05) is 61.8 Å². The predicted molar refractivity (Wildman–Crippen MR) is 84.4 cm³/mol. The summed E-state index contributed by atoms with van der Waals surface area (Å²) in [5, 5.41) is 0. The monoisotopic (exact) mass is 285 g/mol. The number of benzene rings is 1. The van der Waals surface area contributed by atoms with Gasteiger partial charge in [0.2, 0.25) is 0 Å². The number of hydrogen-bond donors (Lipinski definition) is 0. The third-order valence-electron chi connectivity index (χ3n) is 4.14. The van der Waals surface area contributed by atoms with Gasteiger partial charge in [0, 0.05) is 25.0 Å². The Morgan fingerprint density at radius 3 is 2.62 bits per heavy atom. The van der Waals surface area contributed by atoms with Crippen molar-refractivity contribution >= 4 is 5.78 Å². The van der Waals surface area contributed by atoms with Crippen LogP contribution in [0.4, 0.5) is 0 Å². The standard InChI is InChI=1S/C17H23N3O/c1-12-6-7-15(10-13(12)2)17(21)14(3)20(5)11-16-18-8-9-19(16)4/h6-10,14H,11H2,1-5H3. The number of hydrogen-bond acceptors (Lipinski definition) is 3. The zero-order chi connectivity index (χ0) is 15.6. The van der Waals surface area contributed by atoms with E-state index in [0.717, 1.165) is 17.0 Å². The van der Waals surface area contributed by atoms with Gasteiger partial charge in [-0.25, -0.2) is 4.98 Å². The van der Waals surface area contributed by atoms with Gasteiger partial charge in [-0.2, -0.15) is 0 Å². The summed E-state index contributed by atoms with van der Waals surface area (Å²) >= 11 is 0. The van der Waals surface area contributed by atoms with Gasteiger partial charge in [0.05, 0.1) is 12.6 Å². The zero-order valence-corrected chi connectivity index (χ0v) is 13.4. The molecule has 0 saturated heterocycles. The number of aryl methyl sites for hydroxylation is 3. The fourth-order valence-electron chi connectivity index (χ4n) is 2.24. The maximum absolute atomic E-state index is 12.6. The number of likely N-dealkylation sites (N-methyl/N-ethyl adjacent to an activating group) is 1. The molecule has 0 aliphatic rings. The fraction of sp³-hybridized carbons (Fsp3) is 0.412. The van der Waals surface area contributed by atoms with Crippen molar-refractivity contribution in [3.05, 3.63) is 53.1 Å². The smallest absolute Gasteiger partial charge is 0.179 e. The number of imidazole rings is 1. The molecular formula is C17H23N3O. The number of carbonyl (C=O) groups is 1. The number of nitrogens with zero attached hydrogens (tertiary/aromatic N) is 3. The maximum Gasteiger partial charge on any atom is 0.179 e. The van der Waals surface area contributed by atoms with Crippen LogP contribution in [0.1, 0.15) is 34.2 Å². The highest BCUT2D eigenvalue weighted by Gasteiger charge is 2.21. The Labute approximate surface area is 126 Å². The molecule has 0 radical (unpaired) electrons. The zero-order valence-electron chi connectivity index (χ0n) is 13.4. The molecule has 0 aliphatic heterocycles. The Bertz CT molecular complexity index is 645. The number of ketones is 1. The minimum atomic E-state index is -0.177. The molecular weight excluding hydrogens is 262 g/mol. The second kappa shape index (κ2) is 6.22. The number of rotatable bonds is 5. The van der Waals surface area contributed by atoms with Gasteiger partial charge >= 0.3 is 0 Å². The largest absolute Gasteiger partial charge is 0.337 e. The molecule has 0 saturated carbocycles. The van der Waals surface area contributed by atoms with Gasteiger partial charge < -0.3 is 4.57 Å². The van der Waals surface area contributed by atoms with Crippen molar-refractivity contribution in [2.45, 2.75) is 33.4 Å². The van der Waals surface area contributed by atoms with Crippen LogP contribution >= 0.6 is 0 Å². The second-order valence-electron chi connectivity index (χ2n) is 5.71. The van der Waals surface area contributed by atoms with Crippen LogP contribution in [0.25, 0.3) is 0 Å². The summed E-state index contributed by atoms with van der Waals surface area (Å²) in [4.78, 5) is 18.9. The number of carbonyl (C=O) groups excluding carboxylic acids is 1. The maximum atomic E-state index is 12.6. The van der Waals surface area contributed by atoms with Gasteiger partial charge in [0.1, 0.15) is 5.82 Å². The van der Waals surface area contributed by atoms with Gasteiger partial charge in [-0.15, -0.1) is 0 Å². The van der Waals surface area contributed by atoms with E-state index in [1.165, 1.54) is 5.56 Å². The second-order valence-corrected chi connectivity index (χ2v) is 5.71. The van der Waals surface area contributed by atoms with Gasteiger partial charge in [0.15, 0.2) is 5.78 Å². The van der Waals surface area contributed by atoms with E-state index in [4.69, 9.17) is 0 Å². The molecule has 1 heterocycles. The fourth-order valence-corrected chi connectivity index (χ4v) is 2.24. The van der Waals surface area contributed by atoms with Crippen molar-refractivity contribution in [3.8, 4) is 0 Å². The summed E-state index contributed by atoms with van der Waals surface area (Å²) in [5.74, 6) is 1.10. The van der Waals surface area contributed by atoms with Crippen LogP contribution in [-0.2, 0) is 13.6 Å². The van der Waals surface area contributed by atoms with E-state index in [0.29, 0.717) is 6.54 Å². The van der Waals surface area contributed by atoms with Crippen LogP contribution in [0.3, 0.4) is 0 Å². The third-order valence-corrected chi connectivity index (χ3v) is 4.14. The van der Waals surface area contributed by atoms with E-state index in [1.54, 1.807) is 6.20 Å². The van der Waals surface area contributed by atoms with Crippen molar-refractivity contribution in [1.29, 1.82) is 0 Å². The summed E-state index contributed by atoms with van der Waals surface area (Å²) in [7, 11) is 3.92. The Morgan fingerprint density at radius 2 is 2.05 bits per heavy atom. The van der Waals surface area contributed by atoms with Crippen LogP contribution in [-0.4, -0.2) is 33.3 Å². The van der Waals surface area contributed by atoms with Gasteiger partial charge in [-0.05, 0) is 45.0 Å². The van der Waals surface area contributed by atoms with Crippen molar-refractivity contribution in [2.24, 2.45) is 7.05 Å². The Balaban J connectivity index is 2.11. The molecule has 112 valence electrons. The van der Waals surface area contributed by atoms with E-state index in [9.17, 15) is 4.79 Å². The molecule has 0 bridgehead atoms. The van der Waals surface area contributed by atoms with Crippen LogP contribution in [0.5, 0.6) is 0 Å². The number of aromatic nitrogens is 2. The molecule has 1 aromatic heterocycles. The molecule has 1 aromatic carbocycles. The molecule has 0 spiro atoms. The lowest BCUT2D eigenvalue weighted by Gasteiger charge is -2.23. The molecule has 4 heteroatoms. The Kier molecular flexibility index (Phi) is 4.58. The minimum Gasteiger partial charge on any atom is -0.337 e. The van der Waals surface area contributed by atoms with Gasteiger partial charge in [-0.1, -0.05) is 12.1 Å². The summed E-state index contributed by atoms with van der Waals surface area (Å²) in [6.45, 7) is 6.69. The molecule has 2 rings (SSSR count). The van der Waals surface area contributed by atoms with E-state index < -0.39 is 0 Å². The van der Waals surface area contributed by atoms with Crippen LogP contribution in [0.15, 0.2) is 30.6 Å². The Morgan fingerprint density at radius 1 is 1.33 bits per heavy atom. The first-order chi connectivity index (χ1) is 9.90. The molecule has 2 aromatic rings. The lowest BCUT2D eigenvalue weighted by atomic mass is 10.00. The van der Waals surface area contributed by atoms with Crippen molar-refractivity contribution in [1.82, 2.24) is 14.5 Å². The summed E-state index contributed by atoms with van der Waals surface area (Å²) in [5.41, 5.74) is 3.14. The van der Waals surface area contributed by atoms with E-state index in [-0.39, 0.29) is 11.8 Å². The molecule has 1 unspecified atom stereocenters. The van der Waals surface area contributed by atoms with Crippen LogP contribution < -0.4 is 0 Å². The molecule has 0 N–H and O–H groups in total. The first-order valence-electron chi connectivity index (χ1n) is 7.18. The molecule has 0 aliphatic carbocycles. The molecule has 0 fully saturated rings. The third kappa shape index (κ3) is 3.39. The average molecular weight is 285 g/mol. The molecule has 4 nitrogen and oxygen atoms in total. The van der Waals surface area contributed by atoms with Crippen molar-refractivity contribution in [2.75, 3.05) is 7.05 Å². The highest BCUT2D eigenvalue weighted by atomic mass is 16.1. The normalized spacial score (nSPS) is 12.7.